The number of hydrogen-bond donors (Lipinski definition) is 0. The molecule has 0 aromatic carbocycles. The summed E-state index contributed by atoms with van der Waals surface area (Å²) in [6.45, 7) is -1.21. The summed E-state index contributed by atoms with van der Waals surface area (Å²) >= 11 is 0. The van der Waals surface area contributed by atoms with Crippen LogP contribution in [0.5, 0.6) is 0 Å². The highest BCUT2D eigenvalue weighted by molar-refractivity contribution is 4.52. The van der Waals surface area contributed by atoms with E-state index < -0.39 is 34.6 Å². The van der Waals surface area contributed by atoms with Gasteiger partial charge in [-0.15, -0.1) is 30.3 Å². The SMILES string of the molecule is O=[N+]([O-])OCC[C@H](CO[N+](=O)[O-])O[N+](=O)[O-]. The second-order valence-corrected chi connectivity index (χ2v) is 2.32. The second kappa shape index (κ2) is 6.97. The molecule has 0 amide bonds. The van der Waals surface area contributed by atoms with Gasteiger partial charge in [0.25, 0.3) is 15.3 Å². The van der Waals surface area contributed by atoms with Crippen molar-refractivity contribution in [3.63, 3.8) is 0 Å². The first-order chi connectivity index (χ1) is 7.41. The van der Waals surface area contributed by atoms with Crippen LogP contribution in [0.3, 0.4) is 0 Å². The zero-order valence-electron chi connectivity index (χ0n) is 7.71. The van der Waals surface area contributed by atoms with E-state index >= 15 is 0 Å². The number of rotatable bonds is 9. The molecule has 0 aliphatic carbocycles. The predicted octanol–water partition coefficient (Wildman–Crippen LogP) is -0.630. The highest BCUT2D eigenvalue weighted by Crippen LogP contribution is 2.01. The highest BCUT2D eigenvalue weighted by atomic mass is 17.0. The zero-order valence-corrected chi connectivity index (χ0v) is 7.71. The van der Waals surface area contributed by atoms with Crippen molar-refractivity contribution in [3.05, 3.63) is 30.3 Å². The first-order valence-corrected chi connectivity index (χ1v) is 3.77. The van der Waals surface area contributed by atoms with Crippen molar-refractivity contribution < 1.29 is 29.8 Å². The van der Waals surface area contributed by atoms with Crippen molar-refractivity contribution >= 4 is 0 Å². The molecule has 1 atom stereocenters. The molecule has 0 aliphatic rings. The van der Waals surface area contributed by atoms with E-state index in [-0.39, 0.29) is 6.42 Å². The van der Waals surface area contributed by atoms with Crippen LogP contribution in [0.15, 0.2) is 0 Å². The Morgan fingerprint density at radius 2 is 1.50 bits per heavy atom. The summed E-state index contributed by atoms with van der Waals surface area (Å²) in [6, 6.07) is 0. The van der Waals surface area contributed by atoms with Gasteiger partial charge in [0.1, 0.15) is 12.7 Å². The van der Waals surface area contributed by atoms with Gasteiger partial charge in [-0.2, -0.15) is 0 Å². The molecular weight excluding hydrogens is 234 g/mol. The molecule has 0 bridgehead atoms. The first-order valence-electron chi connectivity index (χ1n) is 3.77. The van der Waals surface area contributed by atoms with Crippen molar-refractivity contribution in [1.29, 1.82) is 0 Å². The Kier molecular flexibility index (Phi) is 5.92. The Balaban J connectivity index is 3.94. The highest BCUT2D eigenvalue weighted by Gasteiger charge is 2.16. The van der Waals surface area contributed by atoms with Crippen LogP contribution in [0, 0.1) is 30.3 Å². The molecule has 0 rings (SSSR count). The monoisotopic (exact) mass is 241 g/mol. The Labute approximate surface area is 87.0 Å². The van der Waals surface area contributed by atoms with Crippen LogP contribution < -0.4 is 0 Å². The molecule has 0 heterocycles. The predicted molar refractivity (Wildman–Crippen MR) is 42.4 cm³/mol. The lowest BCUT2D eigenvalue weighted by atomic mass is 10.3. The van der Waals surface area contributed by atoms with Gasteiger partial charge >= 0.3 is 0 Å². The van der Waals surface area contributed by atoms with Crippen LogP contribution in [0.25, 0.3) is 0 Å². The van der Waals surface area contributed by atoms with E-state index in [0.29, 0.717) is 0 Å². The smallest absolute Gasteiger partial charge is 0.294 e. The quantitative estimate of drug-likeness (QED) is 0.378. The van der Waals surface area contributed by atoms with Crippen molar-refractivity contribution in [1.82, 2.24) is 0 Å². The van der Waals surface area contributed by atoms with Gasteiger partial charge in [-0.3, -0.25) is 0 Å². The van der Waals surface area contributed by atoms with E-state index in [9.17, 15) is 30.3 Å². The molecule has 0 aliphatic heterocycles. The summed E-state index contributed by atoms with van der Waals surface area (Å²) in [7, 11) is 0. The Morgan fingerprint density at radius 3 is 1.94 bits per heavy atom. The van der Waals surface area contributed by atoms with Crippen LogP contribution in [-0.4, -0.2) is 34.6 Å². The third-order valence-electron chi connectivity index (χ3n) is 1.24. The minimum absolute atomic E-state index is 0.296. The molecule has 0 N–H and O–H groups in total. The van der Waals surface area contributed by atoms with E-state index in [0.717, 1.165) is 0 Å². The minimum Gasteiger partial charge on any atom is -0.314 e. The van der Waals surface area contributed by atoms with Gasteiger partial charge < -0.3 is 14.5 Å². The Morgan fingerprint density at radius 1 is 0.938 bits per heavy atom. The summed E-state index contributed by atoms with van der Waals surface area (Å²) < 4.78 is 0. The van der Waals surface area contributed by atoms with Crippen LogP contribution in [0.4, 0.5) is 0 Å². The van der Waals surface area contributed by atoms with Crippen molar-refractivity contribution in [3.8, 4) is 0 Å². The molecule has 0 aromatic heterocycles. The topological polar surface area (TPSA) is 157 Å². The third-order valence-corrected chi connectivity index (χ3v) is 1.24. The molecule has 12 nitrogen and oxygen atoms in total. The molecule has 0 fully saturated rings. The lowest BCUT2D eigenvalue weighted by Gasteiger charge is -2.12. The van der Waals surface area contributed by atoms with E-state index in [1.165, 1.54) is 0 Å². The molecule has 12 heteroatoms. The largest absolute Gasteiger partial charge is 0.314 e. The van der Waals surface area contributed by atoms with Crippen molar-refractivity contribution in [2.75, 3.05) is 13.2 Å². The molecule has 0 saturated carbocycles. The summed E-state index contributed by atoms with van der Waals surface area (Å²) in [5, 5.41) is 26.0. The van der Waals surface area contributed by atoms with Crippen LogP contribution in [0.2, 0.25) is 0 Å². The summed E-state index contributed by atoms with van der Waals surface area (Å²) in [5.41, 5.74) is 0. The van der Waals surface area contributed by atoms with E-state index in [2.05, 4.69) is 14.5 Å². The first kappa shape index (κ1) is 13.6. The number of nitrogens with zero attached hydrogens (tertiary/aromatic N) is 3. The fourth-order valence-corrected chi connectivity index (χ4v) is 0.691. The van der Waals surface area contributed by atoms with E-state index in [4.69, 9.17) is 0 Å². The maximum atomic E-state index is 9.93. The molecule has 0 spiro atoms. The lowest BCUT2D eigenvalue weighted by molar-refractivity contribution is -0.792. The summed E-state index contributed by atoms with van der Waals surface area (Å²) in [5.74, 6) is 0. The molecule has 0 saturated heterocycles. The van der Waals surface area contributed by atoms with Gasteiger partial charge in [0.05, 0.1) is 6.61 Å². The molecule has 0 radical (unpaired) electrons. The maximum Gasteiger partial charge on any atom is 0.294 e. The van der Waals surface area contributed by atoms with Gasteiger partial charge in [-0.1, -0.05) is 0 Å². The average molecular weight is 241 g/mol. The zero-order chi connectivity index (χ0) is 12.6. The van der Waals surface area contributed by atoms with Crippen molar-refractivity contribution in [2.24, 2.45) is 0 Å². The fourth-order valence-electron chi connectivity index (χ4n) is 0.691. The van der Waals surface area contributed by atoms with Gasteiger partial charge in [-0.05, 0) is 6.42 Å². The van der Waals surface area contributed by atoms with Gasteiger partial charge in [0.15, 0.2) is 0 Å². The Hall–Kier alpha value is -2.40. The maximum absolute atomic E-state index is 9.93. The number of hydrogen-bond acceptors (Lipinski definition) is 9. The Bertz CT molecular complexity index is 267. The van der Waals surface area contributed by atoms with Crippen LogP contribution in [-0.2, 0) is 14.5 Å². The molecular formula is C4H7N3O9. The minimum atomic E-state index is -1.31. The summed E-state index contributed by atoms with van der Waals surface area (Å²) in [4.78, 5) is 41.1. The standard InChI is InChI=1S/C4H7N3O9/c8-5(9)14-2-1-4(16-7(12)13)3-15-6(10)11/h4H,1-3H2/t4-/m1/s1. The fraction of sp³-hybridized carbons (Fsp3) is 1.00. The molecule has 92 valence electrons. The third kappa shape index (κ3) is 8.21. The molecule has 0 unspecified atom stereocenters. The van der Waals surface area contributed by atoms with Crippen LogP contribution >= 0.6 is 0 Å². The van der Waals surface area contributed by atoms with Crippen molar-refractivity contribution in [2.45, 2.75) is 12.5 Å². The second-order valence-electron chi connectivity index (χ2n) is 2.32. The van der Waals surface area contributed by atoms with E-state index in [1.807, 2.05) is 0 Å². The van der Waals surface area contributed by atoms with Crippen LogP contribution in [0.1, 0.15) is 6.42 Å². The lowest BCUT2D eigenvalue weighted by Crippen LogP contribution is -2.26. The van der Waals surface area contributed by atoms with Gasteiger partial charge in [-0.25, -0.2) is 0 Å². The molecule has 0 aromatic rings. The molecule has 16 heavy (non-hydrogen) atoms. The van der Waals surface area contributed by atoms with E-state index in [1.54, 1.807) is 0 Å². The van der Waals surface area contributed by atoms with Gasteiger partial charge in [0.2, 0.25) is 0 Å². The summed E-state index contributed by atoms with van der Waals surface area (Å²) in [6.07, 6.45) is -1.60. The average Bonchev–Trinajstić information content (AvgIpc) is 2.12. The normalized spacial score (nSPS) is 11.2. The van der Waals surface area contributed by atoms with Gasteiger partial charge in [0, 0.05) is 0 Å².